The highest BCUT2D eigenvalue weighted by Crippen LogP contribution is 2.33. The average Bonchev–Trinajstić information content (AvgIpc) is 3.40. The van der Waals surface area contributed by atoms with Crippen LogP contribution in [-0.4, -0.2) is 36.0 Å². The number of rotatable bonds is 5. The number of benzene rings is 2. The summed E-state index contributed by atoms with van der Waals surface area (Å²) in [6.45, 7) is 0. The van der Waals surface area contributed by atoms with Gasteiger partial charge in [-0.1, -0.05) is 5.21 Å². The third kappa shape index (κ3) is 5.07. The lowest BCUT2D eigenvalue weighted by atomic mass is 10.1. The normalized spacial score (nSPS) is 11.3. The van der Waals surface area contributed by atoms with Crippen molar-refractivity contribution in [1.82, 2.24) is 29.9 Å². The van der Waals surface area contributed by atoms with E-state index in [1.54, 1.807) is 24.3 Å². The number of anilines is 4. The lowest BCUT2D eigenvalue weighted by molar-refractivity contribution is -0.137. The van der Waals surface area contributed by atoms with Gasteiger partial charge in [0.15, 0.2) is 5.43 Å². The van der Waals surface area contributed by atoms with Crippen LogP contribution in [0, 0.1) is 0 Å². The fourth-order valence-electron chi connectivity index (χ4n) is 3.51. The van der Waals surface area contributed by atoms with Gasteiger partial charge in [-0.2, -0.15) is 13.2 Å². The van der Waals surface area contributed by atoms with E-state index in [0.29, 0.717) is 22.8 Å². The van der Waals surface area contributed by atoms with Gasteiger partial charge in [0.05, 0.1) is 29.3 Å². The molecule has 37 heavy (non-hydrogen) atoms. The fraction of sp³-hybridized carbons (Fsp3) is 0.0435. The molecule has 0 aliphatic rings. The van der Waals surface area contributed by atoms with Gasteiger partial charge in [-0.05, 0) is 42.5 Å². The van der Waals surface area contributed by atoms with Crippen LogP contribution in [0.15, 0.2) is 78.2 Å². The third-order valence-corrected chi connectivity index (χ3v) is 5.20. The summed E-state index contributed by atoms with van der Waals surface area (Å²) >= 11 is 0. The molecule has 0 aliphatic heterocycles. The maximum atomic E-state index is 13.2. The molecule has 4 N–H and O–H groups in total. The van der Waals surface area contributed by atoms with Crippen LogP contribution in [0.3, 0.4) is 0 Å². The minimum absolute atomic E-state index is 0.114. The molecule has 0 spiro atoms. The number of hydrogen-bond acceptors (Lipinski definition) is 7. The molecular formula is C23H16F3N9O2. The second-order valence-electron chi connectivity index (χ2n) is 7.65. The number of nitrogens with zero attached hydrogens (tertiary/aromatic N) is 5. The van der Waals surface area contributed by atoms with E-state index in [2.05, 4.69) is 41.2 Å². The molecule has 0 aliphatic carbocycles. The third-order valence-electron chi connectivity index (χ3n) is 5.20. The zero-order chi connectivity index (χ0) is 26.0. The number of fused-ring (bicyclic) bond motifs is 1. The van der Waals surface area contributed by atoms with Crippen LogP contribution >= 0.6 is 0 Å². The number of halogens is 3. The van der Waals surface area contributed by atoms with Crippen molar-refractivity contribution in [3.8, 4) is 5.69 Å². The number of H-pyrrole nitrogens is 1. The number of carbonyl (C=O) groups excluding carboxylic acids is 1. The first-order chi connectivity index (χ1) is 17.8. The van der Waals surface area contributed by atoms with Crippen LogP contribution in [0.1, 0.15) is 5.56 Å². The Morgan fingerprint density at radius 1 is 0.973 bits per heavy atom. The number of nitrogens with one attached hydrogen (secondary N) is 4. The van der Waals surface area contributed by atoms with Crippen molar-refractivity contribution < 1.29 is 18.0 Å². The van der Waals surface area contributed by atoms with Crippen LogP contribution in [0.5, 0.6) is 0 Å². The summed E-state index contributed by atoms with van der Waals surface area (Å²) in [6.07, 6.45) is 0.990. The van der Waals surface area contributed by atoms with Gasteiger partial charge in [0.25, 0.3) is 0 Å². The number of pyridine rings is 1. The monoisotopic (exact) mass is 507 g/mol. The number of aromatic amines is 1. The molecule has 2 amide bonds. The molecule has 11 nitrogen and oxygen atoms in total. The summed E-state index contributed by atoms with van der Waals surface area (Å²) in [5.74, 6) is 0.301. The Balaban J connectivity index is 1.32. The van der Waals surface area contributed by atoms with Crippen molar-refractivity contribution in [2.24, 2.45) is 0 Å². The van der Waals surface area contributed by atoms with Crippen molar-refractivity contribution >= 4 is 39.9 Å². The standard InChI is InChI=1S/C23H16F3N9O2/c24-23(25,26)13-1-6-17(35-10-9-30-34-35)16(11-13)33-22(37)32-15-4-2-14(3-5-15)31-21-19-18(36)7-8-27-20(19)28-12-29-21/h1-12H,(H2,32,33,37)(H2,27,28,29,31,36). The summed E-state index contributed by atoms with van der Waals surface area (Å²) in [6, 6.07) is 9.89. The van der Waals surface area contributed by atoms with Crippen LogP contribution in [0.4, 0.5) is 40.8 Å². The molecular weight excluding hydrogens is 491 g/mol. The molecule has 186 valence electrons. The first kappa shape index (κ1) is 23.5. The van der Waals surface area contributed by atoms with Crippen LogP contribution in [0.25, 0.3) is 16.7 Å². The lowest BCUT2D eigenvalue weighted by Crippen LogP contribution is -2.21. The molecule has 3 heterocycles. The molecule has 0 fully saturated rings. The molecule has 0 unspecified atom stereocenters. The molecule has 0 radical (unpaired) electrons. The number of aromatic nitrogens is 6. The Morgan fingerprint density at radius 2 is 1.76 bits per heavy atom. The Bertz CT molecular complexity index is 1630. The summed E-state index contributed by atoms with van der Waals surface area (Å²) < 4.78 is 40.9. The smallest absolute Gasteiger partial charge is 0.346 e. The van der Waals surface area contributed by atoms with E-state index in [-0.39, 0.29) is 22.2 Å². The topological polar surface area (TPSA) is 143 Å². The zero-order valence-corrected chi connectivity index (χ0v) is 18.6. The summed E-state index contributed by atoms with van der Waals surface area (Å²) in [7, 11) is 0. The van der Waals surface area contributed by atoms with Gasteiger partial charge in [0.1, 0.15) is 23.2 Å². The minimum atomic E-state index is -4.60. The van der Waals surface area contributed by atoms with Crippen LogP contribution < -0.4 is 21.4 Å². The van der Waals surface area contributed by atoms with Crippen molar-refractivity contribution in [2.75, 3.05) is 16.0 Å². The number of urea groups is 1. The highest BCUT2D eigenvalue weighted by molar-refractivity contribution is 6.01. The first-order valence-corrected chi connectivity index (χ1v) is 10.6. The van der Waals surface area contributed by atoms with Crippen molar-refractivity contribution in [3.63, 3.8) is 0 Å². The van der Waals surface area contributed by atoms with Gasteiger partial charge in [0, 0.05) is 23.6 Å². The Morgan fingerprint density at radius 3 is 2.49 bits per heavy atom. The maximum absolute atomic E-state index is 13.2. The molecule has 2 aromatic carbocycles. The Labute approximate surface area is 205 Å². The molecule has 0 saturated heterocycles. The van der Waals surface area contributed by atoms with E-state index in [9.17, 15) is 22.8 Å². The predicted octanol–water partition coefficient (Wildman–Crippen LogP) is 4.31. The van der Waals surface area contributed by atoms with Crippen molar-refractivity contribution in [3.05, 3.63) is 89.2 Å². The maximum Gasteiger partial charge on any atom is 0.416 e. The molecule has 3 aromatic heterocycles. The second-order valence-corrected chi connectivity index (χ2v) is 7.65. The van der Waals surface area contributed by atoms with Crippen LogP contribution in [-0.2, 0) is 6.18 Å². The average molecular weight is 507 g/mol. The van der Waals surface area contributed by atoms with E-state index < -0.39 is 17.8 Å². The molecule has 14 heteroatoms. The largest absolute Gasteiger partial charge is 0.416 e. The van der Waals surface area contributed by atoms with E-state index in [0.717, 1.165) is 12.1 Å². The quantitative estimate of drug-likeness (QED) is 0.278. The van der Waals surface area contributed by atoms with Gasteiger partial charge in [-0.25, -0.2) is 19.4 Å². The highest BCUT2D eigenvalue weighted by Gasteiger charge is 2.31. The Kier molecular flexibility index (Phi) is 5.97. The van der Waals surface area contributed by atoms with Crippen molar-refractivity contribution in [1.29, 1.82) is 0 Å². The SMILES string of the molecule is O=C(Nc1ccc(Nc2ncnc3[nH]ccc(=O)c23)cc1)Nc1cc(C(F)(F)F)ccc1-n1ccnn1. The van der Waals surface area contributed by atoms with Gasteiger partial charge >= 0.3 is 12.2 Å². The summed E-state index contributed by atoms with van der Waals surface area (Å²) in [5.41, 5.74) is 0.206. The first-order valence-electron chi connectivity index (χ1n) is 10.6. The number of alkyl halides is 3. The van der Waals surface area contributed by atoms with E-state index in [1.165, 1.54) is 41.7 Å². The molecule has 0 saturated carbocycles. The van der Waals surface area contributed by atoms with Crippen molar-refractivity contribution in [2.45, 2.75) is 6.18 Å². The fourth-order valence-corrected chi connectivity index (χ4v) is 3.51. The lowest BCUT2D eigenvalue weighted by Gasteiger charge is -2.15. The molecule has 5 aromatic rings. The minimum Gasteiger partial charge on any atom is -0.346 e. The van der Waals surface area contributed by atoms with Gasteiger partial charge in [-0.3, -0.25) is 4.79 Å². The van der Waals surface area contributed by atoms with Gasteiger partial charge in [0.2, 0.25) is 0 Å². The van der Waals surface area contributed by atoms with E-state index >= 15 is 0 Å². The van der Waals surface area contributed by atoms with Gasteiger partial charge < -0.3 is 20.9 Å². The predicted molar refractivity (Wildman–Crippen MR) is 129 cm³/mol. The number of hydrogen-bond donors (Lipinski definition) is 4. The van der Waals surface area contributed by atoms with Crippen LogP contribution in [0.2, 0.25) is 0 Å². The molecule has 0 atom stereocenters. The zero-order valence-electron chi connectivity index (χ0n) is 18.6. The van der Waals surface area contributed by atoms with E-state index in [1.807, 2.05) is 0 Å². The highest BCUT2D eigenvalue weighted by atomic mass is 19.4. The molecule has 0 bridgehead atoms. The number of carbonyl (C=O) groups is 1. The summed E-state index contributed by atoms with van der Waals surface area (Å²) in [5, 5.41) is 15.7. The second kappa shape index (κ2) is 9.41. The number of amides is 2. The van der Waals surface area contributed by atoms with E-state index in [4.69, 9.17) is 0 Å². The van der Waals surface area contributed by atoms with Gasteiger partial charge in [-0.15, -0.1) is 5.10 Å². The molecule has 5 rings (SSSR count). The summed E-state index contributed by atoms with van der Waals surface area (Å²) in [4.78, 5) is 35.9. The Hall–Kier alpha value is -5.27.